The number of nitrogens with zero attached hydrogens (tertiary/aromatic N) is 2. The number of nitrogens with two attached hydrogens (primary N) is 1. The van der Waals surface area contributed by atoms with Gasteiger partial charge in [0.05, 0.1) is 12.4 Å². The van der Waals surface area contributed by atoms with E-state index in [-0.39, 0.29) is 12.1 Å². The Kier molecular flexibility index (Phi) is 2.58. The maximum absolute atomic E-state index is 12.5. The van der Waals surface area contributed by atoms with E-state index in [1.54, 1.807) is 0 Å². The van der Waals surface area contributed by atoms with Crippen molar-refractivity contribution in [3.05, 3.63) is 18.2 Å². The van der Waals surface area contributed by atoms with Gasteiger partial charge in [-0.2, -0.15) is 0 Å². The molecule has 2 rings (SSSR count). The number of halogens is 1. The van der Waals surface area contributed by atoms with Gasteiger partial charge >= 0.3 is 0 Å². The zero-order valence-corrected chi connectivity index (χ0v) is 7.78. The lowest BCUT2D eigenvalue weighted by Gasteiger charge is -2.16. The SMILES string of the molecule is NC1CCCC1Nc1ncc(F)cn1. The number of hydrogen-bond donors (Lipinski definition) is 2. The van der Waals surface area contributed by atoms with Crippen LogP contribution < -0.4 is 11.1 Å². The molecule has 1 aromatic rings. The van der Waals surface area contributed by atoms with Crippen LogP contribution in [0.1, 0.15) is 19.3 Å². The molecule has 0 spiro atoms. The Morgan fingerprint density at radius 1 is 1.36 bits per heavy atom. The van der Waals surface area contributed by atoms with Gasteiger partial charge in [0.15, 0.2) is 5.82 Å². The lowest BCUT2D eigenvalue weighted by molar-refractivity contribution is 0.607. The molecule has 2 atom stereocenters. The van der Waals surface area contributed by atoms with Crippen molar-refractivity contribution >= 4 is 5.95 Å². The molecule has 1 heterocycles. The van der Waals surface area contributed by atoms with E-state index in [1.807, 2.05) is 0 Å². The van der Waals surface area contributed by atoms with E-state index in [0.717, 1.165) is 31.7 Å². The van der Waals surface area contributed by atoms with Gasteiger partial charge in [-0.05, 0) is 19.3 Å². The monoisotopic (exact) mass is 196 g/mol. The lowest BCUT2D eigenvalue weighted by atomic mass is 10.2. The average molecular weight is 196 g/mol. The first-order valence-corrected chi connectivity index (χ1v) is 4.75. The largest absolute Gasteiger partial charge is 0.350 e. The van der Waals surface area contributed by atoms with Gasteiger partial charge in [-0.25, -0.2) is 14.4 Å². The summed E-state index contributed by atoms with van der Waals surface area (Å²) in [6.45, 7) is 0. The highest BCUT2D eigenvalue weighted by Gasteiger charge is 2.24. The van der Waals surface area contributed by atoms with Crippen molar-refractivity contribution in [1.82, 2.24) is 9.97 Å². The molecule has 0 bridgehead atoms. The Bertz CT molecular complexity index is 300. The standard InChI is InChI=1S/C9H13FN4/c10-6-4-12-9(13-5-6)14-8-3-1-2-7(8)11/h4-5,7-8H,1-3,11H2,(H,12,13,14). The molecule has 2 unspecified atom stereocenters. The summed E-state index contributed by atoms with van der Waals surface area (Å²) in [4.78, 5) is 7.65. The number of nitrogens with one attached hydrogen (secondary N) is 1. The molecule has 0 aromatic carbocycles. The minimum absolute atomic E-state index is 0.156. The highest BCUT2D eigenvalue weighted by atomic mass is 19.1. The molecule has 0 aliphatic heterocycles. The smallest absolute Gasteiger partial charge is 0.223 e. The molecule has 0 radical (unpaired) electrons. The van der Waals surface area contributed by atoms with Crippen LogP contribution in [-0.2, 0) is 0 Å². The Hall–Kier alpha value is -1.23. The molecule has 76 valence electrons. The van der Waals surface area contributed by atoms with Gasteiger partial charge in [-0.15, -0.1) is 0 Å². The molecule has 1 fully saturated rings. The third-order valence-electron chi connectivity index (χ3n) is 2.50. The minimum Gasteiger partial charge on any atom is -0.350 e. The van der Waals surface area contributed by atoms with Gasteiger partial charge in [-0.1, -0.05) is 0 Å². The topological polar surface area (TPSA) is 63.8 Å². The van der Waals surface area contributed by atoms with E-state index in [9.17, 15) is 4.39 Å². The summed E-state index contributed by atoms with van der Waals surface area (Å²) in [5, 5.41) is 3.10. The van der Waals surface area contributed by atoms with Gasteiger partial charge in [0.25, 0.3) is 0 Å². The van der Waals surface area contributed by atoms with Crippen LogP contribution >= 0.6 is 0 Å². The Morgan fingerprint density at radius 2 is 2.07 bits per heavy atom. The minimum atomic E-state index is -0.425. The van der Waals surface area contributed by atoms with Crippen LogP contribution in [0.5, 0.6) is 0 Å². The van der Waals surface area contributed by atoms with Gasteiger partial charge in [0.1, 0.15) is 0 Å². The van der Waals surface area contributed by atoms with Crippen molar-refractivity contribution in [3.8, 4) is 0 Å². The second-order valence-corrected chi connectivity index (χ2v) is 3.57. The Labute approximate surface area is 81.7 Å². The van der Waals surface area contributed by atoms with Crippen LogP contribution in [0.25, 0.3) is 0 Å². The summed E-state index contributed by atoms with van der Waals surface area (Å²) < 4.78 is 12.5. The van der Waals surface area contributed by atoms with Crippen LogP contribution in [0.3, 0.4) is 0 Å². The third-order valence-corrected chi connectivity index (χ3v) is 2.50. The molecule has 3 N–H and O–H groups in total. The average Bonchev–Trinajstić information content (AvgIpc) is 2.56. The molecule has 4 nitrogen and oxygen atoms in total. The van der Waals surface area contributed by atoms with Crippen LogP contribution in [0.4, 0.5) is 10.3 Å². The maximum atomic E-state index is 12.5. The molecule has 1 aliphatic rings. The number of hydrogen-bond acceptors (Lipinski definition) is 4. The lowest BCUT2D eigenvalue weighted by Crippen LogP contribution is -2.35. The molecular weight excluding hydrogens is 183 g/mol. The Balaban J connectivity index is 2.00. The predicted octanol–water partition coefficient (Wildman–Crippen LogP) is 0.907. The van der Waals surface area contributed by atoms with Crippen LogP contribution in [-0.4, -0.2) is 22.1 Å². The summed E-state index contributed by atoms with van der Waals surface area (Å²) in [7, 11) is 0. The number of rotatable bonds is 2. The van der Waals surface area contributed by atoms with Crippen molar-refractivity contribution in [3.63, 3.8) is 0 Å². The van der Waals surface area contributed by atoms with Crippen molar-refractivity contribution in [1.29, 1.82) is 0 Å². The number of anilines is 1. The van der Waals surface area contributed by atoms with Crippen molar-refractivity contribution < 1.29 is 4.39 Å². The van der Waals surface area contributed by atoms with Gasteiger partial charge in [-0.3, -0.25) is 0 Å². The first kappa shape index (κ1) is 9.33. The van der Waals surface area contributed by atoms with Crippen molar-refractivity contribution in [2.24, 2.45) is 5.73 Å². The first-order chi connectivity index (χ1) is 6.75. The number of aromatic nitrogens is 2. The molecule has 0 saturated heterocycles. The van der Waals surface area contributed by atoms with E-state index in [1.165, 1.54) is 0 Å². The first-order valence-electron chi connectivity index (χ1n) is 4.75. The van der Waals surface area contributed by atoms with Gasteiger partial charge in [0, 0.05) is 12.1 Å². The zero-order chi connectivity index (χ0) is 9.97. The third kappa shape index (κ3) is 1.98. The van der Waals surface area contributed by atoms with Crippen LogP contribution in [0, 0.1) is 5.82 Å². The molecule has 1 saturated carbocycles. The van der Waals surface area contributed by atoms with E-state index >= 15 is 0 Å². The molecule has 1 aromatic heterocycles. The summed E-state index contributed by atoms with van der Waals surface area (Å²) >= 11 is 0. The van der Waals surface area contributed by atoms with E-state index in [0.29, 0.717) is 5.95 Å². The quantitative estimate of drug-likeness (QED) is 0.737. The summed E-state index contributed by atoms with van der Waals surface area (Å²) in [6.07, 6.45) is 5.48. The second-order valence-electron chi connectivity index (χ2n) is 3.57. The van der Waals surface area contributed by atoms with Crippen molar-refractivity contribution in [2.75, 3.05) is 5.32 Å². The molecule has 0 amide bonds. The highest BCUT2D eigenvalue weighted by Crippen LogP contribution is 2.19. The normalized spacial score (nSPS) is 26.4. The molecular formula is C9H13FN4. The molecule has 1 aliphatic carbocycles. The van der Waals surface area contributed by atoms with Crippen molar-refractivity contribution in [2.45, 2.75) is 31.3 Å². The Morgan fingerprint density at radius 3 is 2.64 bits per heavy atom. The predicted molar refractivity (Wildman–Crippen MR) is 51.2 cm³/mol. The van der Waals surface area contributed by atoms with E-state index in [2.05, 4.69) is 15.3 Å². The summed E-state index contributed by atoms with van der Waals surface area (Å²) in [5.74, 6) is 0.0278. The van der Waals surface area contributed by atoms with Gasteiger partial charge in [0.2, 0.25) is 5.95 Å². The van der Waals surface area contributed by atoms with E-state index < -0.39 is 5.82 Å². The second kappa shape index (κ2) is 3.88. The highest BCUT2D eigenvalue weighted by molar-refractivity contribution is 5.26. The summed E-state index contributed by atoms with van der Waals surface area (Å²) in [6, 6.07) is 0.379. The fourth-order valence-corrected chi connectivity index (χ4v) is 1.72. The summed E-state index contributed by atoms with van der Waals surface area (Å²) in [5.41, 5.74) is 5.86. The fourth-order valence-electron chi connectivity index (χ4n) is 1.72. The molecule has 14 heavy (non-hydrogen) atoms. The van der Waals surface area contributed by atoms with Gasteiger partial charge < -0.3 is 11.1 Å². The fraction of sp³-hybridized carbons (Fsp3) is 0.556. The zero-order valence-electron chi connectivity index (χ0n) is 7.78. The molecule has 5 heteroatoms. The van der Waals surface area contributed by atoms with E-state index in [4.69, 9.17) is 5.73 Å². The maximum Gasteiger partial charge on any atom is 0.223 e. The van der Waals surface area contributed by atoms with Crippen LogP contribution in [0.2, 0.25) is 0 Å². The van der Waals surface area contributed by atoms with Crippen LogP contribution in [0.15, 0.2) is 12.4 Å².